The third-order valence-electron chi connectivity index (χ3n) is 7.85. The van der Waals surface area contributed by atoms with Crippen molar-refractivity contribution in [2.75, 3.05) is 10.6 Å². The second-order valence-electron chi connectivity index (χ2n) is 11.9. The predicted molar refractivity (Wildman–Crippen MR) is 157 cm³/mol. The van der Waals surface area contributed by atoms with Crippen LogP contribution in [-0.4, -0.2) is 29.8 Å². The summed E-state index contributed by atoms with van der Waals surface area (Å²) in [7, 11) is 0. The minimum Gasteiger partial charge on any atom is -0.366 e. The summed E-state index contributed by atoms with van der Waals surface area (Å²) < 4.78 is 16.2. The van der Waals surface area contributed by atoms with Crippen LogP contribution in [0.3, 0.4) is 0 Å². The number of rotatable bonds is 5. The van der Waals surface area contributed by atoms with Crippen LogP contribution in [0.5, 0.6) is 0 Å². The van der Waals surface area contributed by atoms with E-state index in [1.54, 1.807) is 30.3 Å². The summed E-state index contributed by atoms with van der Waals surface area (Å²) in [6.07, 6.45) is 0.553. The van der Waals surface area contributed by atoms with E-state index < -0.39 is 41.0 Å². The third kappa shape index (κ3) is 4.71. The number of anilines is 2. The van der Waals surface area contributed by atoms with Crippen LogP contribution in [0.1, 0.15) is 60.2 Å². The molecule has 40 heavy (non-hydrogen) atoms. The maximum absolute atomic E-state index is 15.9. The first-order valence-electron chi connectivity index (χ1n) is 13.2. The Bertz CT molecular complexity index is 1520. The van der Waals surface area contributed by atoms with Crippen LogP contribution in [0.25, 0.3) is 0 Å². The van der Waals surface area contributed by atoms with Gasteiger partial charge in [-0.15, -0.1) is 0 Å². The van der Waals surface area contributed by atoms with Gasteiger partial charge in [0.25, 0.3) is 0 Å². The molecule has 1 fully saturated rings. The van der Waals surface area contributed by atoms with Crippen LogP contribution in [0, 0.1) is 18.2 Å². The third-order valence-corrected chi connectivity index (χ3v) is 8.46. The monoisotopic (exact) mass is 606 g/mol. The van der Waals surface area contributed by atoms with E-state index in [1.165, 1.54) is 12.1 Å². The second-order valence-corrected chi connectivity index (χ2v) is 12.7. The molecule has 2 unspecified atom stereocenters. The van der Waals surface area contributed by atoms with Gasteiger partial charge in [0.15, 0.2) is 0 Å². The molecule has 9 heteroatoms. The Hall–Kier alpha value is -3.56. The number of primary amides is 1. The number of halogens is 2. The molecule has 3 aromatic rings. The predicted octanol–water partition coefficient (Wildman–Crippen LogP) is 5.38. The SMILES string of the molecule is Cc1ccc2c(c1)NC(=O)[C@@]21C(CC(C)(C)C)N[C@@H](C(=O)Nc2ccc(C(N)=O)cc2)C1c1cccc(Br)c1F. The number of carbonyl (C=O) groups is 3. The highest BCUT2D eigenvalue weighted by molar-refractivity contribution is 9.10. The zero-order chi connectivity index (χ0) is 29.0. The zero-order valence-electron chi connectivity index (χ0n) is 22.8. The van der Waals surface area contributed by atoms with Crippen LogP contribution in [0.4, 0.5) is 15.8 Å². The van der Waals surface area contributed by atoms with E-state index in [2.05, 4.69) is 52.7 Å². The summed E-state index contributed by atoms with van der Waals surface area (Å²) in [6, 6.07) is 15.5. The average Bonchev–Trinajstić information content (AvgIpc) is 3.35. The first-order chi connectivity index (χ1) is 18.8. The summed E-state index contributed by atoms with van der Waals surface area (Å²) in [5.74, 6) is -2.64. The van der Waals surface area contributed by atoms with Gasteiger partial charge in [-0.05, 0) is 87.8 Å². The first-order valence-corrected chi connectivity index (χ1v) is 14.0. The molecule has 0 radical (unpaired) electrons. The van der Waals surface area contributed by atoms with Crippen molar-refractivity contribution >= 4 is 45.0 Å². The average molecular weight is 608 g/mol. The lowest BCUT2D eigenvalue weighted by molar-refractivity contribution is -0.122. The lowest BCUT2D eigenvalue weighted by Gasteiger charge is -2.37. The Kier molecular flexibility index (Phi) is 7.08. The molecule has 208 valence electrons. The fraction of sp³-hybridized carbons (Fsp3) is 0.323. The molecule has 0 saturated carbocycles. The molecule has 0 aliphatic carbocycles. The Balaban J connectivity index is 1.69. The lowest BCUT2D eigenvalue weighted by Crippen LogP contribution is -2.49. The van der Waals surface area contributed by atoms with Gasteiger partial charge in [0.1, 0.15) is 11.2 Å². The van der Waals surface area contributed by atoms with Crippen LogP contribution in [0.2, 0.25) is 0 Å². The molecule has 2 aliphatic rings. The summed E-state index contributed by atoms with van der Waals surface area (Å²) in [4.78, 5) is 39.7. The summed E-state index contributed by atoms with van der Waals surface area (Å²) in [6.45, 7) is 8.18. The number of aryl methyl sites for hydroxylation is 1. The Morgan fingerprint density at radius 2 is 1.80 bits per heavy atom. The van der Waals surface area contributed by atoms with Crippen LogP contribution < -0.4 is 21.7 Å². The Labute approximate surface area is 241 Å². The van der Waals surface area contributed by atoms with Gasteiger partial charge in [0.05, 0.1) is 10.5 Å². The summed E-state index contributed by atoms with van der Waals surface area (Å²) in [5.41, 5.74) is 7.32. The molecule has 4 atom stereocenters. The number of carbonyl (C=O) groups excluding carboxylic acids is 3. The molecule has 2 aliphatic heterocycles. The number of nitrogens with two attached hydrogens (primary N) is 1. The molecule has 3 amide bonds. The van der Waals surface area contributed by atoms with E-state index >= 15 is 4.39 Å². The van der Waals surface area contributed by atoms with Crippen molar-refractivity contribution in [3.63, 3.8) is 0 Å². The fourth-order valence-corrected chi connectivity index (χ4v) is 6.61. The molecule has 2 heterocycles. The smallest absolute Gasteiger partial charge is 0.248 e. The normalized spacial score (nSPS) is 23.6. The Morgan fingerprint density at radius 3 is 2.45 bits per heavy atom. The van der Waals surface area contributed by atoms with Crippen molar-refractivity contribution in [2.45, 2.75) is 57.5 Å². The van der Waals surface area contributed by atoms with Crippen LogP contribution in [0.15, 0.2) is 65.1 Å². The second kappa shape index (κ2) is 10.1. The molecule has 0 aromatic heterocycles. The van der Waals surface area contributed by atoms with E-state index in [4.69, 9.17) is 5.73 Å². The van der Waals surface area contributed by atoms with Gasteiger partial charge < -0.3 is 21.7 Å². The van der Waals surface area contributed by atoms with E-state index in [9.17, 15) is 14.4 Å². The fourth-order valence-electron chi connectivity index (χ4n) is 6.23. The molecular weight excluding hydrogens is 575 g/mol. The van der Waals surface area contributed by atoms with Crippen molar-refractivity contribution in [1.29, 1.82) is 0 Å². The van der Waals surface area contributed by atoms with Crippen molar-refractivity contribution in [3.8, 4) is 0 Å². The van der Waals surface area contributed by atoms with Gasteiger partial charge in [0.2, 0.25) is 17.7 Å². The van der Waals surface area contributed by atoms with Crippen molar-refractivity contribution < 1.29 is 18.8 Å². The van der Waals surface area contributed by atoms with Crippen LogP contribution >= 0.6 is 15.9 Å². The van der Waals surface area contributed by atoms with Crippen molar-refractivity contribution in [3.05, 3.63) is 93.2 Å². The molecule has 1 saturated heterocycles. The quantitative estimate of drug-likeness (QED) is 0.312. The van der Waals surface area contributed by atoms with Gasteiger partial charge in [-0.3, -0.25) is 14.4 Å². The first kappa shape index (κ1) is 28.0. The van der Waals surface area contributed by atoms with E-state index in [-0.39, 0.29) is 21.4 Å². The van der Waals surface area contributed by atoms with Gasteiger partial charge in [0, 0.05) is 28.9 Å². The number of fused-ring (bicyclic) bond motifs is 2. The lowest BCUT2D eigenvalue weighted by atomic mass is 9.62. The van der Waals surface area contributed by atoms with E-state index in [0.29, 0.717) is 23.4 Å². The highest BCUT2D eigenvalue weighted by atomic mass is 79.9. The highest BCUT2D eigenvalue weighted by Gasteiger charge is 2.66. The topological polar surface area (TPSA) is 113 Å². The molecule has 0 bridgehead atoms. The largest absolute Gasteiger partial charge is 0.366 e. The van der Waals surface area contributed by atoms with Gasteiger partial charge in [-0.1, -0.05) is 45.0 Å². The molecule has 1 spiro atoms. The number of hydrogen-bond donors (Lipinski definition) is 4. The number of hydrogen-bond acceptors (Lipinski definition) is 4. The number of amides is 3. The minimum absolute atomic E-state index is 0.214. The molecular formula is C31H32BrFN4O3. The molecule has 7 nitrogen and oxygen atoms in total. The molecule has 5 N–H and O–H groups in total. The van der Waals surface area contributed by atoms with Gasteiger partial charge >= 0.3 is 0 Å². The molecule has 5 rings (SSSR count). The Morgan fingerprint density at radius 1 is 1.10 bits per heavy atom. The molecule has 3 aromatic carbocycles. The maximum atomic E-state index is 15.9. The maximum Gasteiger partial charge on any atom is 0.248 e. The van der Waals surface area contributed by atoms with Crippen molar-refractivity contribution in [2.24, 2.45) is 11.1 Å². The van der Waals surface area contributed by atoms with Crippen molar-refractivity contribution in [1.82, 2.24) is 5.32 Å². The number of nitrogens with one attached hydrogen (secondary N) is 3. The summed E-state index contributed by atoms with van der Waals surface area (Å²) in [5, 5.41) is 9.44. The zero-order valence-corrected chi connectivity index (χ0v) is 24.4. The minimum atomic E-state index is -1.25. The van der Waals surface area contributed by atoms with Gasteiger partial charge in [-0.25, -0.2) is 4.39 Å². The standard InChI is InChI=1S/C31H32BrFN4O3/c1-16-8-13-20-22(14-16)36-29(40)31(20)23(15-30(2,3)4)37-26(24(31)19-6-5-7-21(32)25(19)33)28(39)35-18-11-9-17(10-12-18)27(34)38/h5-14,23-24,26,37H,15H2,1-4H3,(H2,34,38)(H,35,39)(H,36,40)/t23?,24?,26-,31-/m1/s1. The number of benzene rings is 3. The summed E-state index contributed by atoms with van der Waals surface area (Å²) >= 11 is 3.31. The van der Waals surface area contributed by atoms with E-state index in [0.717, 1.165) is 11.1 Å². The van der Waals surface area contributed by atoms with Gasteiger partial charge in [-0.2, -0.15) is 0 Å². The van der Waals surface area contributed by atoms with E-state index in [1.807, 2.05) is 25.1 Å². The highest BCUT2D eigenvalue weighted by Crippen LogP contribution is 2.57. The van der Waals surface area contributed by atoms with Crippen LogP contribution in [-0.2, 0) is 15.0 Å².